The standard InChI is InChI=1S/C14H28N2O2/c1-15-10-12-16(13-11-15)9-7-5-3-2-4-6-8-14(17)18/h2-13H2,1H3,(H,17,18). The predicted octanol–water partition coefficient (Wildman–Crippen LogP) is 2.05. The van der Waals surface area contributed by atoms with E-state index in [0.717, 1.165) is 12.8 Å². The Kier molecular flexibility index (Phi) is 8.01. The van der Waals surface area contributed by atoms with Crippen LogP contribution in [-0.4, -0.2) is 60.6 Å². The SMILES string of the molecule is CN1CCN(CCCCCCCCC(=O)O)CC1. The molecule has 0 atom stereocenters. The van der Waals surface area contributed by atoms with Crippen LogP contribution in [0.1, 0.15) is 44.9 Å². The van der Waals surface area contributed by atoms with Crippen molar-refractivity contribution in [1.29, 1.82) is 0 Å². The summed E-state index contributed by atoms with van der Waals surface area (Å²) < 4.78 is 0. The van der Waals surface area contributed by atoms with E-state index in [2.05, 4.69) is 16.8 Å². The third-order valence-corrected chi connectivity index (χ3v) is 3.71. The van der Waals surface area contributed by atoms with Gasteiger partial charge in [-0.3, -0.25) is 4.79 Å². The van der Waals surface area contributed by atoms with Crippen LogP contribution in [0.15, 0.2) is 0 Å². The molecule has 0 bridgehead atoms. The first-order chi connectivity index (χ1) is 8.68. The number of piperazine rings is 1. The second-order valence-electron chi connectivity index (χ2n) is 5.41. The van der Waals surface area contributed by atoms with Crippen LogP contribution < -0.4 is 0 Å². The summed E-state index contributed by atoms with van der Waals surface area (Å²) in [5.74, 6) is -0.662. The molecule has 4 heteroatoms. The molecule has 1 heterocycles. The number of carboxylic acids is 1. The Bertz CT molecular complexity index is 226. The van der Waals surface area contributed by atoms with Crippen molar-refractivity contribution < 1.29 is 9.90 Å². The van der Waals surface area contributed by atoms with Gasteiger partial charge in [0.05, 0.1) is 0 Å². The summed E-state index contributed by atoms with van der Waals surface area (Å²) in [4.78, 5) is 15.3. The summed E-state index contributed by atoms with van der Waals surface area (Å²) in [6.07, 6.45) is 7.28. The Morgan fingerprint density at radius 1 is 0.944 bits per heavy atom. The highest BCUT2D eigenvalue weighted by molar-refractivity contribution is 5.66. The van der Waals surface area contributed by atoms with Gasteiger partial charge in [0, 0.05) is 32.6 Å². The van der Waals surface area contributed by atoms with Gasteiger partial charge in [-0.05, 0) is 26.4 Å². The smallest absolute Gasteiger partial charge is 0.303 e. The van der Waals surface area contributed by atoms with Crippen LogP contribution in [0.25, 0.3) is 0 Å². The number of hydrogen-bond acceptors (Lipinski definition) is 3. The second kappa shape index (κ2) is 9.34. The minimum atomic E-state index is -0.662. The first-order valence-electron chi connectivity index (χ1n) is 7.31. The zero-order valence-electron chi connectivity index (χ0n) is 11.7. The molecular formula is C14H28N2O2. The number of aliphatic carboxylic acids is 1. The van der Waals surface area contributed by atoms with Crippen molar-refractivity contribution >= 4 is 5.97 Å². The molecule has 0 unspecified atom stereocenters. The summed E-state index contributed by atoms with van der Waals surface area (Å²) in [5, 5.41) is 8.51. The van der Waals surface area contributed by atoms with E-state index >= 15 is 0 Å². The Morgan fingerprint density at radius 2 is 1.50 bits per heavy atom. The van der Waals surface area contributed by atoms with Crippen LogP contribution in [0, 0.1) is 0 Å². The molecule has 0 aliphatic carbocycles. The fourth-order valence-corrected chi connectivity index (χ4v) is 2.39. The summed E-state index contributed by atoms with van der Waals surface area (Å²) in [7, 11) is 2.19. The molecule has 1 fully saturated rings. The molecule has 1 aliphatic heterocycles. The molecule has 0 spiro atoms. The number of likely N-dealkylation sites (N-methyl/N-ethyl adjacent to an activating group) is 1. The Morgan fingerprint density at radius 3 is 2.11 bits per heavy atom. The van der Waals surface area contributed by atoms with Gasteiger partial charge in [-0.2, -0.15) is 0 Å². The number of nitrogens with zero attached hydrogens (tertiary/aromatic N) is 2. The fourth-order valence-electron chi connectivity index (χ4n) is 2.39. The topological polar surface area (TPSA) is 43.8 Å². The molecule has 1 saturated heterocycles. The number of rotatable bonds is 9. The molecule has 1 aliphatic rings. The molecule has 0 saturated carbocycles. The zero-order chi connectivity index (χ0) is 13.2. The molecule has 0 aromatic carbocycles. The van der Waals surface area contributed by atoms with Gasteiger partial charge in [0.1, 0.15) is 0 Å². The number of unbranched alkanes of at least 4 members (excludes halogenated alkanes) is 5. The van der Waals surface area contributed by atoms with E-state index in [-0.39, 0.29) is 0 Å². The van der Waals surface area contributed by atoms with E-state index < -0.39 is 5.97 Å². The van der Waals surface area contributed by atoms with Crippen LogP contribution in [0.4, 0.5) is 0 Å². The summed E-state index contributed by atoms with van der Waals surface area (Å²) in [6, 6.07) is 0. The van der Waals surface area contributed by atoms with Gasteiger partial charge in [0.2, 0.25) is 0 Å². The molecule has 1 N–H and O–H groups in total. The van der Waals surface area contributed by atoms with Crippen LogP contribution in [-0.2, 0) is 4.79 Å². The molecule has 1 rings (SSSR count). The first-order valence-corrected chi connectivity index (χ1v) is 7.31. The van der Waals surface area contributed by atoms with Crippen molar-refractivity contribution in [2.75, 3.05) is 39.8 Å². The fraction of sp³-hybridized carbons (Fsp3) is 0.929. The van der Waals surface area contributed by atoms with E-state index in [0.29, 0.717) is 6.42 Å². The highest BCUT2D eigenvalue weighted by atomic mass is 16.4. The Balaban J connectivity index is 1.82. The van der Waals surface area contributed by atoms with E-state index in [4.69, 9.17) is 5.11 Å². The monoisotopic (exact) mass is 256 g/mol. The summed E-state index contributed by atoms with van der Waals surface area (Å²) in [5.41, 5.74) is 0. The number of carboxylic acid groups (broad SMARTS) is 1. The molecule has 18 heavy (non-hydrogen) atoms. The van der Waals surface area contributed by atoms with Crippen molar-refractivity contribution in [2.24, 2.45) is 0 Å². The van der Waals surface area contributed by atoms with Gasteiger partial charge < -0.3 is 14.9 Å². The van der Waals surface area contributed by atoms with Crippen molar-refractivity contribution in [1.82, 2.24) is 9.80 Å². The third kappa shape index (κ3) is 7.67. The van der Waals surface area contributed by atoms with Crippen molar-refractivity contribution in [3.63, 3.8) is 0 Å². The minimum Gasteiger partial charge on any atom is -0.481 e. The van der Waals surface area contributed by atoms with Gasteiger partial charge in [0.25, 0.3) is 0 Å². The molecule has 0 aromatic heterocycles. The van der Waals surface area contributed by atoms with Gasteiger partial charge in [-0.1, -0.05) is 25.7 Å². The Labute approximate surface area is 111 Å². The summed E-state index contributed by atoms with van der Waals surface area (Å²) in [6.45, 7) is 6.08. The average Bonchev–Trinajstić information content (AvgIpc) is 2.34. The maximum Gasteiger partial charge on any atom is 0.303 e. The highest BCUT2D eigenvalue weighted by Crippen LogP contribution is 2.08. The van der Waals surface area contributed by atoms with Crippen LogP contribution >= 0.6 is 0 Å². The van der Waals surface area contributed by atoms with E-state index in [9.17, 15) is 4.79 Å². The van der Waals surface area contributed by atoms with Crippen LogP contribution in [0.5, 0.6) is 0 Å². The lowest BCUT2D eigenvalue weighted by Crippen LogP contribution is -2.44. The number of hydrogen-bond donors (Lipinski definition) is 1. The van der Waals surface area contributed by atoms with Crippen molar-refractivity contribution in [3.05, 3.63) is 0 Å². The molecule has 106 valence electrons. The van der Waals surface area contributed by atoms with Crippen molar-refractivity contribution in [3.8, 4) is 0 Å². The number of carbonyl (C=O) groups is 1. The average molecular weight is 256 g/mol. The molecule has 0 amide bonds. The molecule has 0 aromatic rings. The largest absolute Gasteiger partial charge is 0.481 e. The lowest BCUT2D eigenvalue weighted by Gasteiger charge is -2.32. The van der Waals surface area contributed by atoms with Gasteiger partial charge in [0.15, 0.2) is 0 Å². The lowest BCUT2D eigenvalue weighted by molar-refractivity contribution is -0.137. The summed E-state index contributed by atoms with van der Waals surface area (Å²) >= 11 is 0. The quantitative estimate of drug-likeness (QED) is 0.641. The van der Waals surface area contributed by atoms with Gasteiger partial charge >= 0.3 is 5.97 Å². The van der Waals surface area contributed by atoms with E-state index in [1.54, 1.807) is 0 Å². The molecular weight excluding hydrogens is 228 g/mol. The Hall–Kier alpha value is -0.610. The van der Waals surface area contributed by atoms with Gasteiger partial charge in [-0.15, -0.1) is 0 Å². The third-order valence-electron chi connectivity index (χ3n) is 3.71. The molecule has 4 nitrogen and oxygen atoms in total. The maximum absolute atomic E-state index is 10.3. The zero-order valence-corrected chi connectivity index (χ0v) is 11.7. The van der Waals surface area contributed by atoms with Crippen LogP contribution in [0.2, 0.25) is 0 Å². The highest BCUT2D eigenvalue weighted by Gasteiger charge is 2.12. The lowest BCUT2D eigenvalue weighted by atomic mass is 10.1. The second-order valence-corrected chi connectivity index (χ2v) is 5.41. The van der Waals surface area contributed by atoms with E-state index in [1.807, 2.05) is 0 Å². The normalized spacial score (nSPS) is 18.1. The van der Waals surface area contributed by atoms with Crippen LogP contribution in [0.3, 0.4) is 0 Å². The minimum absolute atomic E-state index is 0.335. The van der Waals surface area contributed by atoms with E-state index in [1.165, 1.54) is 58.4 Å². The van der Waals surface area contributed by atoms with Gasteiger partial charge in [-0.25, -0.2) is 0 Å². The predicted molar refractivity (Wildman–Crippen MR) is 73.9 cm³/mol. The first kappa shape index (κ1) is 15.4. The molecule has 0 radical (unpaired) electrons. The van der Waals surface area contributed by atoms with Crippen molar-refractivity contribution in [2.45, 2.75) is 44.9 Å². The maximum atomic E-state index is 10.3.